The fraction of sp³-hybridized carbons (Fsp3) is 0.455. The van der Waals surface area contributed by atoms with Crippen LogP contribution in [0, 0.1) is 0 Å². The van der Waals surface area contributed by atoms with E-state index in [2.05, 4.69) is 24.0 Å². The fourth-order valence-electron chi connectivity index (χ4n) is 1.87. The summed E-state index contributed by atoms with van der Waals surface area (Å²) in [6.07, 6.45) is 0. The van der Waals surface area contributed by atoms with Crippen molar-refractivity contribution in [2.45, 2.75) is 20.0 Å². The number of methoxy groups -OCH3 is 1. The van der Waals surface area contributed by atoms with Gasteiger partial charge in [-0.05, 0) is 18.2 Å². The third-order valence-electron chi connectivity index (χ3n) is 2.67. The van der Waals surface area contributed by atoms with Crippen LogP contribution in [0.1, 0.15) is 18.1 Å². The Morgan fingerprint density at radius 1 is 1.38 bits per heavy atom. The molecule has 0 spiro atoms. The molecular formula is C11H15NO. The lowest BCUT2D eigenvalue weighted by Gasteiger charge is -2.10. The smallest absolute Gasteiger partial charge is 0.123 e. The Morgan fingerprint density at radius 2 is 2.23 bits per heavy atom. The van der Waals surface area contributed by atoms with Gasteiger partial charge in [0, 0.05) is 18.7 Å². The summed E-state index contributed by atoms with van der Waals surface area (Å²) in [7, 11) is 1.74. The molecule has 1 aliphatic heterocycles. The Kier molecular flexibility index (Phi) is 2.23. The van der Waals surface area contributed by atoms with Gasteiger partial charge in [0.1, 0.15) is 5.75 Å². The van der Waals surface area contributed by atoms with Gasteiger partial charge >= 0.3 is 0 Å². The second-order valence-electron chi connectivity index (χ2n) is 3.40. The Balaban J connectivity index is 2.33. The third kappa shape index (κ3) is 1.42. The largest absolute Gasteiger partial charge is 0.496 e. The van der Waals surface area contributed by atoms with Crippen LogP contribution in [0.2, 0.25) is 0 Å². The Bertz CT molecular complexity index is 309. The van der Waals surface area contributed by atoms with Gasteiger partial charge in [0.15, 0.2) is 0 Å². The number of hydrogen-bond acceptors (Lipinski definition) is 2. The first kappa shape index (κ1) is 8.57. The number of ether oxygens (including phenoxy) is 1. The van der Waals surface area contributed by atoms with Gasteiger partial charge in [0.05, 0.1) is 7.11 Å². The first-order valence-corrected chi connectivity index (χ1v) is 4.72. The molecule has 2 rings (SSSR count). The number of nitrogens with zero attached hydrogens (tertiary/aromatic N) is 1. The van der Waals surface area contributed by atoms with E-state index < -0.39 is 0 Å². The second kappa shape index (κ2) is 3.38. The van der Waals surface area contributed by atoms with Gasteiger partial charge in [-0.25, -0.2) is 0 Å². The van der Waals surface area contributed by atoms with Crippen LogP contribution < -0.4 is 4.74 Å². The monoisotopic (exact) mass is 177 g/mol. The molecule has 0 atom stereocenters. The number of rotatable bonds is 2. The molecule has 1 aromatic rings. The van der Waals surface area contributed by atoms with Crippen molar-refractivity contribution in [2.75, 3.05) is 13.7 Å². The van der Waals surface area contributed by atoms with E-state index in [0.29, 0.717) is 0 Å². The molecule has 70 valence electrons. The van der Waals surface area contributed by atoms with E-state index in [1.165, 1.54) is 11.1 Å². The maximum absolute atomic E-state index is 5.32. The van der Waals surface area contributed by atoms with E-state index in [1.54, 1.807) is 7.11 Å². The molecule has 0 radical (unpaired) electrons. The molecule has 0 N–H and O–H groups in total. The van der Waals surface area contributed by atoms with Crippen molar-refractivity contribution in [3.05, 3.63) is 29.3 Å². The van der Waals surface area contributed by atoms with Gasteiger partial charge in [-0.1, -0.05) is 19.1 Å². The van der Waals surface area contributed by atoms with E-state index in [0.717, 1.165) is 25.4 Å². The van der Waals surface area contributed by atoms with Crippen molar-refractivity contribution in [3.8, 4) is 5.75 Å². The molecule has 0 bridgehead atoms. The van der Waals surface area contributed by atoms with Crippen molar-refractivity contribution < 1.29 is 4.74 Å². The number of benzene rings is 1. The number of fused-ring (bicyclic) bond motifs is 1. The highest BCUT2D eigenvalue weighted by molar-refractivity contribution is 5.42. The van der Waals surface area contributed by atoms with Crippen molar-refractivity contribution in [1.29, 1.82) is 0 Å². The SMILES string of the molecule is CCN1Cc2cccc(OC)c2C1. The third-order valence-corrected chi connectivity index (χ3v) is 2.67. The van der Waals surface area contributed by atoms with Crippen molar-refractivity contribution >= 4 is 0 Å². The zero-order chi connectivity index (χ0) is 9.26. The first-order chi connectivity index (χ1) is 6.35. The standard InChI is InChI=1S/C11H15NO/c1-3-12-7-9-5-4-6-11(13-2)10(9)8-12/h4-6H,3,7-8H2,1-2H3. The molecule has 2 heteroatoms. The molecular weight excluding hydrogens is 162 g/mol. The Labute approximate surface area is 79.1 Å². The minimum atomic E-state index is 1.04. The minimum absolute atomic E-state index is 1.04. The van der Waals surface area contributed by atoms with E-state index in [4.69, 9.17) is 4.74 Å². The van der Waals surface area contributed by atoms with E-state index in [-0.39, 0.29) is 0 Å². The highest BCUT2D eigenvalue weighted by Gasteiger charge is 2.20. The maximum atomic E-state index is 5.32. The van der Waals surface area contributed by atoms with E-state index >= 15 is 0 Å². The lowest BCUT2D eigenvalue weighted by atomic mass is 10.1. The summed E-state index contributed by atoms with van der Waals surface area (Å²) in [4.78, 5) is 2.41. The van der Waals surface area contributed by atoms with Gasteiger partial charge in [-0.3, -0.25) is 4.90 Å². The van der Waals surface area contributed by atoms with Crippen LogP contribution in [0.5, 0.6) is 5.75 Å². The fourth-order valence-corrected chi connectivity index (χ4v) is 1.87. The van der Waals surface area contributed by atoms with Crippen LogP contribution in [0.25, 0.3) is 0 Å². The van der Waals surface area contributed by atoms with Crippen LogP contribution in [-0.2, 0) is 13.1 Å². The van der Waals surface area contributed by atoms with Crippen LogP contribution in [0.3, 0.4) is 0 Å². The van der Waals surface area contributed by atoms with Gasteiger partial charge in [-0.2, -0.15) is 0 Å². The minimum Gasteiger partial charge on any atom is -0.496 e. The molecule has 0 saturated carbocycles. The Hall–Kier alpha value is -1.02. The maximum Gasteiger partial charge on any atom is 0.123 e. The molecule has 1 heterocycles. The van der Waals surface area contributed by atoms with Crippen LogP contribution in [-0.4, -0.2) is 18.6 Å². The van der Waals surface area contributed by atoms with Gasteiger partial charge in [0.25, 0.3) is 0 Å². The topological polar surface area (TPSA) is 12.5 Å². The van der Waals surface area contributed by atoms with Gasteiger partial charge < -0.3 is 4.74 Å². The molecule has 0 fully saturated rings. The zero-order valence-electron chi connectivity index (χ0n) is 8.21. The highest BCUT2D eigenvalue weighted by Crippen LogP contribution is 2.30. The summed E-state index contributed by atoms with van der Waals surface area (Å²) in [6, 6.07) is 6.29. The lowest BCUT2D eigenvalue weighted by molar-refractivity contribution is 0.297. The average Bonchev–Trinajstić information content (AvgIpc) is 2.59. The van der Waals surface area contributed by atoms with Crippen molar-refractivity contribution in [3.63, 3.8) is 0 Å². The molecule has 13 heavy (non-hydrogen) atoms. The first-order valence-electron chi connectivity index (χ1n) is 4.72. The predicted octanol–water partition coefficient (Wildman–Crippen LogP) is 2.03. The molecule has 0 unspecified atom stereocenters. The van der Waals surface area contributed by atoms with E-state index in [9.17, 15) is 0 Å². The lowest BCUT2D eigenvalue weighted by Crippen LogP contribution is -2.14. The molecule has 0 saturated heterocycles. The molecule has 2 nitrogen and oxygen atoms in total. The second-order valence-corrected chi connectivity index (χ2v) is 3.40. The summed E-state index contributed by atoms with van der Waals surface area (Å²) < 4.78 is 5.32. The average molecular weight is 177 g/mol. The van der Waals surface area contributed by atoms with Crippen molar-refractivity contribution in [1.82, 2.24) is 4.90 Å². The molecule has 0 aliphatic carbocycles. The number of hydrogen-bond donors (Lipinski definition) is 0. The summed E-state index contributed by atoms with van der Waals surface area (Å²) in [6.45, 7) is 5.41. The molecule has 0 aromatic heterocycles. The summed E-state index contributed by atoms with van der Waals surface area (Å²) >= 11 is 0. The summed E-state index contributed by atoms with van der Waals surface area (Å²) in [5.74, 6) is 1.04. The van der Waals surface area contributed by atoms with E-state index in [1.807, 2.05) is 6.07 Å². The molecule has 1 aromatic carbocycles. The van der Waals surface area contributed by atoms with Crippen LogP contribution >= 0.6 is 0 Å². The normalized spacial score (nSPS) is 15.8. The van der Waals surface area contributed by atoms with Crippen LogP contribution in [0.15, 0.2) is 18.2 Å². The molecule has 0 amide bonds. The van der Waals surface area contributed by atoms with Gasteiger partial charge in [-0.15, -0.1) is 0 Å². The summed E-state index contributed by atoms with van der Waals surface area (Å²) in [5, 5.41) is 0. The van der Waals surface area contributed by atoms with Gasteiger partial charge in [0.2, 0.25) is 0 Å². The van der Waals surface area contributed by atoms with Crippen LogP contribution in [0.4, 0.5) is 0 Å². The zero-order valence-corrected chi connectivity index (χ0v) is 8.21. The summed E-state index contributed by atoms with van der Waals surface area (Å²) in [5.41, 5.74) is 2.79. The van der Waals surface area contributed by atoms with Crippen molar-refractivity contribution in [2.24, 2.45) is 0 Å². The predicted molar refractivity (Wildman–Crippen MR) is 52.8 cm³/mol. The Morgan fingerprint density at radius 3 is 2.92 bits per heavy atom. The molecule has 1 aliphatic rings. The quantitative estimate of drug-likeness (QED) is 0.685. The highest BCUT2D eigenvalue weighted by atomic mass is 16.5.